The van der Waals surface area contributed by atoms with Crippen molar-refractivity contribution in [3.63, 3.8) is 0 Å². The molecule has 0 saturated carbocycles. The summed E-state index contributed by atoms with van der Waals surface area (Å²) in [5, 5.41) is 0. The molecule has 1 aliphatic rings. The summed E-state index contributed by atoms with van der Waals surface area (Å²) in [6.07, 6.45) is 0. The van der Waals surface area contributed by atoms with Crippen molar-refractivity contribution in [3.05, 3.63) is 5.82 Å². The van der Waals surface area contributed by atoms with Crippen molar-refractivity contribution in [3.8, 4) is 0 Å². The van der Waals surface area contributed by atoms with Gasteiger partial charge in [0.15, 0.2) is 5.82 Å². The van der Waals surface area contributed by atoms with Crippen LogP contribution in [0, 0.1) is 0 Å². The third-order valence-corrected chi connectivity index (χ3v) is 3.83. The van der Waals surface area contributed by atoms with Gasteiger partial charge in [0, 0.05) is 40.3 Å². The van der Waals surface area contributed by atoms with E-state index in [9.17, 15) is 0 Å². The molecular weight excluding hydrogens is 254 g/mol. The molecule has 0 bridgehead atoms. The first-order valence-electron chi connectivity index (χ1n) is 7.16. The number of anilines is 2. The topological polar surface area (TPSA) is 74.4 Å². The Kier molecular flexibility index (Phi) is 4.72. The summed E-state index contributed by atoms with van der Waals surface area (Å²) in [4.78, 5) is 19.7. The normalized spacial score (nSPS) is 19.0. The van der Waals surface area contributed by atoms with Gasteiger partial charge in [0.1, 0.15) is 0 Å². The van der Waals surface area contributed by atoms with Gasteiger partial charge in [-0.1, -0.05) is 6.92 Å². The van der Waals surface area contributed by atoms with Crippen LogP contribution in [-0.2, 0) is 0 Å². The molecule has 0 amide bonds. The lowest BCUT2D eigenvalue weighted by Crippen LogP contribution is -2.47. The fraction of sp³-hybridized carbons (Fsp3) is 0.769. The molecule has 1 atom stereocenters. The number of aromatic nitrogens is 3. The number of nitrogens with zero attached hydrogens (tertiary/aromatic N) is 6. The number of nitrogen functional groups attached to an aromatic ring is 1. The lowest BCUT2D eigenvalue weighted by atomic mass is 10.2. The van der Waals surface area contributed by atoms with E-state index in [0.29, 0.717) is 5.95 Å². The zero-order valence-electron chi connectivity index (χ0n) is 12.9. The van der Waals surface area contributed by atoms with Gasteiger partial charge in [-0.2, -0.15) is 15.0 Å². The van der Waals surface area contributed by atoms with Crippen LogP contribution in [0.1, 0.15) is 25.7 Å². The minimum absolute atomic E-state index is 0.165. The molecular formula is C13H25N7. The van der Waals surface area contributed by atoms with Gasteiger partial charge in [-0.3, -0.25) is 4.90 Å². The Morgan fingerprint density at radius 1 is 1.15 bits per heavy atom. The highest BCUT2D eigenvalue weighted by atomic mass is 15.3. The van der Waals surface area contributed by atoms with Gasteiger partial charge in [-0.05, 0) is 13.5 Å². The number of hydrogen-bond acceptors (Lipinski definition) is 7. The molecule has 112 valence electrons. The van der Waals surface area contributed by atoms with Crippen LogP contribution in [-0.4, -0.2) is 71.6 Å². The Labute approximate surface area is 120 Å². The molecule has 0 spiro atoms. The second-order valence-corrected chi connectivity index (χ2v) is 5.39. The zero-order valence-corrected chi connectivity index (χ0v) is 12.9. The van der Waals surface area contributed by atoms with Crippen molar-refractivity contribution in [1.82, 2.24) is 24.8 Å². The second kappa shape index (κ2) is 6.32. The molecule has 7 heteroatoms. The molecule has 0 unspecified atom stereocenters. The first-order valence-corrected chi connectivity index (χ1v) is 7.16. The molecule has 1 aromatic heterocycles. The lowest BCUT2D eigenvalue weighted by Gasteiger charge is -2.37. The van der Waals surface area contributed by atoms with Crippen molar-refractivity contribution in [1.29, 1.82) is 0 Å². The second-order valence-electron chi connectivity index (χ2n) is 5.39. The van der Waals surface area contributed by atoms with Crippen molar-refractivity contribution < 1.29 is 0 Å². The van der Waals surface area contributed by atoms with Gasteiger partial charge in [0.25, 0.3) is 0 Å². The number of nitrogens with two attached hydrogens (primary N) is 1. The smallest absolute Gasteiger partial charge is 0.229 e. The van der Waals surface area contributed by atoms with Crippen LogP contribution in [0.5, 0.6) is 0 Å². The van der Waals surface area contributed by atoms with Gasteiger partial charge in [-0.25, -0.2) is 0 Å². The van der Waals surface area contributed by atoms with E-state index in [0.717, 1.165) is 38.5 Å². The molecule has 1 aliphatic heterocycles. The van der Waals surface area contributed by atoms with E-state index >= 15 is 0 Å². The predicted molar refractivity (Wildman–Crippen MR) is 80.7 cm³/mol. The SMILES string of the molecule is CCN1CCN([C@@H](C)c2nc(N)nc(N(C)C)n2)CC1. The summed E-state index contributed by atoms with van der Waals surface area (Å²) < 4.78 is 0. The van der Waals surface area contributed by atoms with Gasteiger partial charge in [0.2, 0.25) is 11.9 Å². The first kappa shape index (κ1) is 14.9. The minimum atomic E-state index is 0.165. The maximum atomic E-state index is 5.79. The van der Waals surface area contributed by atoms with Crippen LogP contribution >= 0.6 is 0 Å². The largest absolute Gasteiger partial charge is 0.368 e. The molecule has 2 N–H and O–H groups in total. The van der Waals surface area contributed by atoms with Gasteiger partial charge >= 0.3 is 0 Å². The molecule has 1 saturated heterocycles. The Balaban J connectivity index is 2.11. The number of rotatable bonds is 4. The molecule has 1 aromatic rings. The quantitative estimate of drug-likeness (QED) is 0.845. The minimum Gasteiger partial charge on any atom is -0.368 e. The highest BCUT2D eigenvalue weighted by Gasteiger charge is 2.24. The predicted octanol–water partition coefficient (Wildman–Crippen LogP) is 0.218. The average Bonchev–Trinajstić information content (AvgIpc) is 2.46. The van der Waals surface area contributed by atoms with E-state index in [1.165, 1.54) is 0 Å². The lowest BCUT2D eigenvalue weighted by molar-refractivity contribution is 0.103. The molecule has 0 radical (unpaired) electrons. The standard InChI is InChI=1S/C13H25N7/c1-5-19-6-8-20(9-7-19)10(2)11-15-12(14)17-13(16-11)18(3)4/h10H,5-9H2,1-4H3,(H2,14,15,16,17)/t10-/m0/s1. The van der Waals surface area contributed by atoms with Crippen LogP contribution in [0.15, 0.2) is 0 Å². The summed E-state index contributed by atoms with van der Waals surface area (Å²) in [7, 11) is 3.81. The van der Waals surface area contributed by atoms with Crippen molar-refractivity contribution in [2.24, 2.45) is 0 Å². The molecule has 1 fully saturated rings. The third-order valence-electron chi connectivity index (χ3n) is 3.83. The van der Waals surface area contributed by atoms with Crippen molar-refractivity contribution >= 4 is 11.9 Å². The van der Waals surface area contributed by atoms with E-state index in [-0.39, 0.29) is 12.0 Å². The Morgan fingerprint density at radius 2 is 1.80 bits per heavy atom. The fourth-order valence-electron chi connectivity index (χ4n) is 2.41. The van der Waals surface area contributed by atoms with Crippen LogP contribution in [0.3, 0.4) is 0 Å². The number of likely N-dealkylation sites (N-methyl/N-ethyl adjacent to an activating group) is 1. The highest BCUT2D eigenvalue weighted by Crippen LogP contribution is 2.20. The van der Waals surface area contributed by atoms with Crippen LogP contribution in [0.2, 0.25) is 0 Å². The summed E-state index contributed by atoms with van der Waals surface area (Å²) in [5.41, 5.74) is 5.79. The monoisotopic (exact) mass is 279 g/mol. The Hall–Kier alpha value is -1.47. The summed E-state index contributed by atoms with van der Waals surface area (Å²) in [6, 6.07) is 0.165. The molecule has 2 heterocycles. The van der Waals surface area contributed by atoms with Gasteiger partial charge in [0.05, 0.1) is 6.04 Å². The summed E-state index contributed by atoms with van der Waals surface area (Å²) >= 11 is 0. The molecule has 0 aliphatic carbocycles. The maximum Gasteiger partial charge on any atom is 0.229 e. The van der Waals surface area contributed by atoms with Crippen LogP contribution in [0.4, 0.5) is 11.9 Å². The third kappa shape index (κ3) is 3.34. The molecule has 2 rings (SSSR count). The number of piperazine rings is 1. The molecule has 0 aromatic carbocycles. The molecule has 20 heavy (non-hydrogen) atoms. The highest BCUT2D eigenvalue weighted by molar-refractivity contribution is 5.33. The first-order chi connectivity index (χ1) is 9.51. The van der Waals surface area contributed by atoms with Crippen molar-refractivity contribution in [2.45, 2.75) is 19.9 Å². The van der Waals surface area contributed by atoms with Crippen LogP contribution in [0.25, 0.3) is 0 Å². The van der Waals surface area contributed by atoms with E-state index in [1.807, 2.05) is 19.0 Å². The summed E-state index contributed by atoms with van der Waals surface area (Å²) in [6.45, 7) is 9.73. The maximum absolute atomic E-state index is 5.79. The number of hydrogen-bond donors (Lipinski definition) is 1. The summed E-state index contributed by atoms with van der Waals surface area (Å²) in [5.74, 6) is 1.66. The van der Waals surface area contributed by atoms with Crippen LogP contribution < -0.4 is 10.6 Å². The van der Waals surface area contributed by atoms with E-state index in [1.54, 1.807) is 0 Å². The molecule has 7 nitrogen and oxygen atoms in total. The average molecular weight is 279 g/mol. The zero-order chi connectivity index (χ0) is 14.7. The van der Waals surface area contributed by atoms with Gasteiger partial charge < -0.3 is 15.5 Å². The van der Waals surface area contributed by atoms with E-state index in [2.05, 4.69) is 38.6 Å². The fourth-order valence-corrected chi connectivity index (χ4v) is 2.41. The van der Waals surface area contributed by atoms with Gasteiger partial charge in [-0.15, -0.1) is 0 Å². The Morgan fingerprint density at radius 3 is 2.35 bits per heavy atom. The van der Waals surface area contributed by atoms with E-state index in [4.69, 9.17) is 5.73 Å². The van der Waals surface area contributed by atoms with Crippen molar-refractivity contribution in [2.75, 3.05) is 57.5 Å². The Bertz CT molecular complexity index is 440. The van der Waals surface area contributed by atoms with E-state index < -0.39 is 0 Å².